The van der Waals surface area contributed by atoms with E-state index >= 15 is 0 Å². The maximum absolute atomic E-state index is 14.5. The summed E-state index contributed by atoms with van der Waals surface area (Å²) >= 11 is 8.90. The van der Waals surface area contributed by atoms with E-state index < -0.39 is 27.9 Å². The lowest BCUT2D eigenvalue weighted by Gasteiger charge is -2.09. The first kappa shape index (κ1) is 23.0. The van der Waals surface area contributed by atoms with E-state index in [-0.39, 0.29) is 23.0 Å². The molecular weight excluding hydrogens is 491 g/mol. The summed E-state index contributed by atoms with van der Waals surface area (Å²) in [6, 6.07) is 9.77. The number of hydrogen-bond donors (Lipinski definition) is 3. The van der Waals surface area contributed by atoms with E-state index in [0.29, 0.717) is 29.8 Å². The summed E-state index contributed by atoms with van der Waals surface area (Å²) in [5.74, 6) is -2.14. The Hall–Kier alpha value is -2.71. The zero-order valence-electron chi connectivity index (χ0n) is 16.3. The molecule has 2 aromatic carbocycles. The minimum absolute atomic E-state index is 0.0203. The maximum Gasteiger partial charge on any atom is 0.317 e. The first-order valence-corrected chi connectivity index (χ1v) is 10.8. The number of hydrogen-bond acceptors (Lipinski definition) is 3. The lowest BCUT2D eigenvalue weighted by atomic mass is 10.0. The average Bonchev–Trinajstić information content (AvgIpc) is 2.73. The van der Waals surface area contributed by atoms with Gasteiger partial charge in [-0.05, 0) is 54.7 Å². The van der Waals surface area contributed by atoms with Gasteiger partial charge < -0.3 is 15.4 Å². The normalized spacial score (nSPS) is 12.0. The van der Waals surface area contributed by atoms with Gasteiger partial charge in [0, 0.05) is 23.2 Å². The van der Waals surface area contributed by atoms with Crippen LogP contribution in [-0.2, 0) is 17.8 Å². The highest BCUT2D eigenvalue weighted by Gasteiger charge is 2.16. The SMILES string of the molecule is O=C(NCc1ccc(Cl)cc1)c1c[nH]c2c(F)cc(CCCC(Br)C(=O)O)cc2c1=O. The number of alkyl halides is 1. The standard InChI is InChI=1S/C22H19BrClFN2O4/c23-17(22(30)31)3-1-2-13-8-15-19(18(25)9-13)26-11-16(20(15)28)21(29)27-10-12-4-6-14(24)7-5-12/h4-9,11,17H,1-3,10H2,(H,26,28)(H,27,29)(H,30,31). The van der Waals surface area contributed by atoms with Gasteiger partial charge in [-0.3, -0.25) is 14.4 Å². The predicted molar refractivity (Wildman–Crippen MR) is 120 cm³/mol. The number of amides is 1. The fourth-order valence-electron chi connectivity index (χ4n) is 3.15. The van der Waals surface area contributed by atoms with Gasteiger partial charge in [0.15, 0.2) is 0 Å². The minimum Gasteiger partial charge on any atom is -0.480 e. The molecule has 9 heteroatoms. The summed E-state index contributed by atoms with van der Waals surface area (Å²) in [7, 11) is 0. The number of benzene rings is 2. The lowest BCUT2D eigenvalue weighted by Crippen LogP contribution is -2.28. The number of nitrogens with one attached hydrogen (secondary N) is 2. The number of aromatic nitrogens is 1. The Balaban J connectivity index is 1.79. The fourth-order valence-corrected chi connectivity index (χ4v) is 3.59. The molecule has 0 aliphatic heterocycles. The van der Waals surface area contributed by atoms with Crippen LogP contribution in [0, 0.1) is 5.82 Å². The third-order valence-electron chi connectivity index (χ3n) is 4.80. The van der Waals surface area contributed by atoms with Gasteiger partial charge in [-0.2, -0.15) is 0 Å². The Labute approximate surface area is 190 Å². The summed E-state index contributed by atoms with van der Waals surface area (Å²) in [5, 5.41) is 12.2. The van der Waals surface area contributed by atoms with Crippen molar-refractivity contribution in [3.05, 3.63) is 80.3 Å². The molecule has 3 N–H and O–H groups in total. The molecule has 1 amide bonds. The Bertz CT molecular complexity index is 1180. The van der Waals surface area contributed by atoms with E-state index in [0.717, 1.165) is 5.56 Å². The highest BCUT2D eigenvalue weighted by Crippen LogP contribution is 2.19. The molecular formula is C22H19BrClFN2O4. The monoisotopic (exact) mass is 508 g/mol. The second-order valence-corrected chi connectivity index (χ2v) is 8.58. The van der Waals surface area contributed by atoms with E-state index in [9.17, 15) is 18.8 Å². The molecule has 0 saturated heterocycles. The predicted octanol–water partition coefficient (Wildman–Crippen LogP) is 4.42. The van der Waals surface area contributed by atoms with Crippen molar-refractivity contribution in [3.63, 3.8) is 0 Å². The summed E-state index contributed by atoms with van der Waals surface area (Å²) < 4.78 is 14.5. The van der Waals surface area contributed by atoms with E-state index in [1.807, 2.05) is 0 Å². The Morgan fingerprint density at radius 3 is 2.58 bits per heavy atom. The average molecular weight is 510 g/mol. The zero-order chi connectivity index (χ0) is 22.5. The molecule has 31 heavy (non-hydrogen) atoms. The van der Waals surface area contributed by atoms with E-state index in [1.54, 1.807) is 24.3 Å². The summed E-state index contributed by atoms with van der Waals surface area (Å²) in [6.45, 7) is 0.208. The third-order valence-corrected chi connectivity index (χ3v) is 5.90. The molecule has 0 bridgehead atoms. The van der Waals surface area contributed by atoms with Gasteiger partial charge in [-0.25, -0.2) is 4.39 Å². The molecule has 3 aromatic rings. The van der Waals surface area contributed by atoms with Gasteiger partial charge in [0.2, 0.25) is 5.43 Å². The van der Waals surface area contributed by atoms with Crippen LogP contribution in [0.25, 0.3) is 10.9 Å². The zero-order valence-corrected chi connectivity index (χ0v) is 18.6. The Morgan fingerprint density at radius 2 is 1.90 bits per heavy atom. The summed E-state index contributed by atoms with van der Waals surface area (Å²) in [4.78, 5) is 38.3. The molecule has 0 radical (unpaired) electrons. The number of rotatable bonds is 8. The van der Waals surface area contributed by atoms with Crippen LogP contribution in [0.1, 0.15) is 34.3 Å². The van der Waals surface area contributed by atoms with Crippen LogP contribution in [0.15, 0.2) is 47.4 Å². The van der Waals surface area contributed by atoms with Crippen molar-refractivity contribution in [2.75, 3.05) is 0 Å². The molecule has 1 heterocycles. The molecule has 162 valence electrons. The van der Waals surface area contributed by atoms with Gasteiger partial charge in [-0.15, -0.1) is 0 Å². The molecule has 1 atom stereocenters. The van der Waals surface area contributed by atoms with E-state index in [2.05, 4.69) is 26.2 Å². The number of H-pyrrole nitrogens is 1. The van der Waals surface area contributed by atoms with Crippen molar-refractivity contribution < 1.29 is 19.1 Å². The van der Waals surface area contributed by atoms with Crippen molar-refractivity contribution in [3.8, 4) is 0 Å². The minimum atomic E-state index is -0.963. The maximum atomic E-state index is 14.5. The van der Waals surface area contributed by atoms with Gasteiger partial charge >= 0.3 is 5.97 Å². The Kier molecular flexibility index (Phi) is 7.46. The van der Waals surface area contributed by atoms with Gasteiger partial charge in [0.25, 0.3) is 5.91 Å². The van der Waals surface area contributed by atoms with Gasteiger partial charge in [0.1, 0.15) is 16.2 Å². The second kappa shape index (κ2) is 10.1. The molecule has 0 aliphatic carbocycles. The van der Waals surface area contributed by atoms with Gasteiger partial charge in [0.05, 0.1) is 5.52 Å². The molecule has 6 nitrogen and oxygen atoms in total. The van der Waals surface area contributed by atoms with Crippen molar-refractivity contribution in [2.45, 2.75) is 30.6 Å². The summed E-state index contributed by atoms with van der Waals surface area (Å²) in [6.07, 6.45) is 2.45. The molecule has 0 spiro atoms. The van der Waals surface area contributed by atoms with Crippen LogP contribution in [0.2, 0.25) is 5.02 Å². The number of fused-ring (bicyclic) bond motifs is 1. The van der Waals surface area contributed by atoms with Crippen LogP contribution in [-0.4, -0.2) is 26.8 Å². The van der Waals surface area contributed by atoms with E-state index in [1.165, 1.54) is 18.3 Å². The van der Waals surface area contributed by atoms with Crippen molar-refractivity contribution in [1.29, 1.82) is 0 Å². The van der Waals surface area contributed by atoms with Crippen molar-refractivity contribution in [2.24, 2.45) is 0 Å². The first-order chi connectivity index (χ1) is 14.8. The highest BCUT2D eigenvalue weighted by atomic mass is 79.9. The second-order valence-electron chi connectivity index (χ2n) is 7.04. The first-order valence-electron chi connectivity index (χ1n) is 9.49. The number of carbonyl (C=O) groups is 2. The molecule has 0 aliphatic rings. The quantitative estimate of drug-likeness (QED) is 0.391. The molecule has 0 saturated carbocycles. The number of aliphatic carboxylic acids is 1. The van der Waals surface area contributed by atoms with Gasteiger partial charge in [-0.1, -0.05) is 39.7 Å². The number of aryl methyl sites for hydroxylation is 1. The van der Waals surface area contributed by atoms with Crippen molar-refractivity contribution in [1.82, 2.24) is 10.3 Å². The van der Waals surface area contributed by atoms with Crippen molar-refractivity contribution >= 4 is 50.3 Å². The molecule has 0 fully saturated rings. The van der Waals surface area contributed by atoms with Crippen LogP contribution < -0.4 is 10.7 Å². The number of carboxylic acid groups (broad SMARTS) is 1. The highest BCUT2D eigenvalue weighted by molar-refractivity contribution is 9.10. The van der Waals surface area contributed by atoms with Crippen LogP contribution in [0.3, 0.4) is 0 Å². The molecule has 1 aromatic heterocycles. The molecule has 1 unspecified atom stereocenters. The number of halogens is 3. The van der Waals surface area contributed by atoms with E-state index in [4.69, 9.17) is 16.7 Å². The summed E-state index contributed by atoms with van der Waals surface area (Å²) in [5.41, 5.74) is 0.692. The number of pyridine rings is 1. The smallest absolute Gasteiger partial charge is 0.317 e. The third kappa shape index (κ3) is 5.71. The molecule has 3 rings (SSSR count). The number of carboxylic acids is 1. The number of aromatic amines is 1. The van der Waals surface area contributed by atoms with Crippen LogP contribution >= 0.6 is 27.5 Å². The topological polar surface area (TPSA) is 99.3 Å². The van der Waals surface area contributed by atoms with Crippen LogP contribution in [0.5, 0.6) is 0 Å². The van der Waals surface area contributed by atoms with Crippen LogP contribution in [0.4, 0.5) is 4.39 Å². The Morgan fingerprint density at radius 1 is 1.19 bits per heavy atom. The lowest BCUT2D eigenvalue weighted by molar-refractivity contribution is -0.136. The largest absolute Gasteiger partial charge is 0.480 e. The number of carbonyl (C=O) groups excluding carboxylic acids is 1. The fraction of sp³-hybridized carbons (Fsp3) is 0.227.